The van der Waals surface area contributed by atoms with E-state index in [1.165, 1.54) is 32.1 Å². The van der Waals surface area contributed by atoms with Gasteiger partial charge in [-0.2, -0.15) is 0 Å². The molecule has 4 heteroatoms. The minimum absolute atomic E-state index is 0.153. The van der Waals surface area contributed by atoms with Gasteiger partial charge >= 0.3 is 0 Å². The molecular weight excluding hydrogens is 288 g/mol. The number of carbonyl (C=O) groups is 1. The highest BCUT2D eigenvalue weighted by Gasteiger charge is 2.28. The minimum atomic E-state index is -0.230. The summed E-state index contributed by atoms with van der Waals surface area (Å²) in [5.74, 6) is 0.153. The van der Waals surface area contributed by atoms with Crippen LogP contribution in [0.1, 0.15) is 63.9 Å². The zero-order chi connectivity index (χ0) is 16.3. The summed E-state index contributed by atoms with van der Waals surface area (Å²) in [6, 6.07) is 3.96. The molecule has 1 atom stereocenters. The summed E-state index contributed by atoms with van der Waals surface area (Å²) in [4.78, 5) is 18.8. The van der Waals surface area contributed by atoms with E-state index in [1.807, 2.05) is 23.2 Å². The fraction of sp³-hybridized carbons (Fsp3) is 0.684. The Morgan fingerprint density at radius 1 is 1.30 bits per heavy atom. The zero-order valence-corrected chi connectivity index (χ0v) is 14.4. The quantitative estimate of drug-likeness (QED) is 0.613. The van der Waals surface area contributed by atoms with Crippen LogP contribution in [0.3, 0.4) is 0 Å². The number of nitrogens with zero attached hydrogens (tertiary/aromatic N) is 2. The van der Waals surface area contributed by atoms with Gasteiger partial charge in [0.05, 0.1) is 0 Å². The van der Waals surface area contributed by atoms with Gasteiger partial charge in [0.15, 0.2) is 0 Å². The summed E-state index contributed by atoms with van der Waals surface area (Å²) in [6.45, 7) is 4.41. The molecule has 1 aliphatic heterocycles. The maximum Gasteiger partial charge on any atom is 0.251 e. The molecule has 1 fully saturated rings. The first-order chi connectivity index (χ1) is 11.3. The van der Waals surface area contributed by atoms with Crippen LogP contribution in [0.2, 0.25) is 0 Å². The number of carbonyl (C=O) groups excluding carboxylic acids is 1. The van der Waals surface area contributed by atoms with Crippen LogP contribution >= 0.6 is 0 Å². The SMILES string of the molecule is CCCCCCCCN(Cc1cccnc1)C(=O)C1CCCO1. The molecule has 23 heavy (non-hydrogen) atoms. The van der Waals surface area contributed by atoms with Crippen molar-refractivity contribution in [2.24, 2.45) is 0 Å². The predicted octanol–water partition coefficient (Wildman–Crippen LogP) is 3.95. The Labute approximate surface area is 140 Å². The van der Waals surface area contributed by atoms with Gasteiger partial charge in [-0.25, -0.2) is 0 Å². The van der Waals surface area contributed by atoms with Crippen molar-refractivity contribution in [3.63, 3.8) is 0 Å². The van der Waals surface area contributed by atoms with E-state index in [1.54, 1.807) is 6.20 Å². The molecule has 0 N–H and O–H groups in total. The number of hydrogen-bond acceptors (Lipinski definition) is 3. The number of rotatable bonds is 10. The Bertz CT molecular complexity index is 444. The Morgan fingerprint density at radius 3 is 2.83 bits per heavy atom. The fourth-order valence-corrected chi connectivity index (χ4v) is 3.04. The highest BCUT2D eigenvalue weighted by Crippen LogP contribution is 2.17. The fourth-order valence-electron chi connectivity index (χ4n) is 3.04. The third-order valence-electron chi connectivity index (χ3n) is 4.39. The zero-order valence-electron chi connectivity index (χ0n) is 14.4. The third kappa shape index (κ3) is 6.30. The third-order valence-corrected chi connectivity index (χ3v) is 4.39. The molecule has 1 aliphatic rings. The first-order valence-electron chi connectivity index (χ1n) is 9.10. The van der Waals surface area contributed by atoms with E-state index in [4.69, 9.17) is 4.74 Å². The molecule has 0 bridgehead atoms. The lowest BCUT2D eigenvalue weighted by atomic mass is 10.1. The highest BCUT2D eigenvalue weighted by molar-refractivity contribution is 5.81. The molecule has 4 nitrogen and oxygen atoms in total. The van der Waals surface area contributed by atoms with Gasteiger partial charge in [-0.1, -0.05) is 45.1 Å². The average Bonchev–Trinajstić information content (AvgIpc) is 3.12. The van der Waals surface area contributed by atoms with Crippen LogP contribution < -0.4 is 0 Å². The van der Waals surface area contributed by atoms with Gasteiger partial charge in [-0.15, -0.1) is 0 Å². The van der Waals surface area contributed by atoms with Crippen molar-refractivity contribution in [1.29, 1.82) is 0 Å². The van der Waals surface area contributed by atoms with E-state index >= 15 is 0 Å². The summed E-state index contributed by atoms with van der Waals surface area (Å²) in [6.07, 6.45) is 12.7. The van der Waals surface area contributed by atoms with E-state index in [9.17, 15) is 4.79 Å². The van der Waals surface area contributed by atoms with Crippen LogP contribution in [0.15, 0.2) is 24.5 Å². The number of ether oxygens (including phenoxy) is 1. The number of amides is 1. The average molecular weight is 318 g/mol. The van der Waals surface area contributed by atoms with E-state index in [0.29, 0.717) is 13.2 Å². The predicted molar refractivity (Wildman–Crippen MR) is 92.0 cm³/mol. The van der Waals surface area contributed by atoms with E-state index in [0.717, 1.165) is 31.4 Å². The largest absolute Gasteiger partial charge is 0.368 e. The van der Waals surface area contributed by atoms with Gasteiger partial charge in [-0.05, 0) is 30.9 Å². The first-order valence-corrected chi connectivity index (χ1v) is 9.10. The molecule has 1 amide bonds. The molecule has 0 spiro atoms. The van der Waals surface area contributed by atoms with Gasteiger partial charge in [0.25, 0.3) is 5.91 Å². The van der Waals surface area contributed by atoms with Crippen LogP contribution in [0.4, 0.5) is 0 Å². The van der Waals surface area contributed by atoms with Crippen LogP contribution in [0.25, 0.3) is 0 Å². The molecular formula is C19H30N2O2. The molecule has 0 aliphatic carbocycles. The molecule has 2 rings (SSSR count). The molecule has 128 valence electrons. The molecule has 0 saturated carbocycles. The summed E-state index contributed by atoms with van der Waals surface area (Å²) in [7, 11) is 0. The Morgan fingerprint density at radius 2 is 2.13 bits per heavy atom. The lowest BCUT2D eigenvalue weighted by Crippen LogP contribution is -2.39. The van der Waals surface area contributed by atoms with Crippen LogP contribution in [0, 0.1) is 0 Å². The lowest BCUT2D eigenvalue weighted by molar-refractivity contribution is -0.141. The van der Waals surface area contributed by atoms with Crippen molar-refractivity contribution in [3.05, 3.63) is 30.1 Å². The normalized spacial score (nSPS) is 17.3. The van der Waals surface area contributed by atoms with Crippen LogP contribution in [-0.4, -0.2) is 35.0 Å². The lowest BCUT2D eigenvalue weighted by Gasteiger charge is -2.25. The number of aromatic nitrogens is 1. The van der Waals surface area contributed by atoms with Gasteiger partial charge in [0.1, 0.15) is 6.10 Å². The van der Waals surface area contributed by atoms with Crippen molar-refractivity contribution in [2.45, 2.75) is 70.9 Å². The van der Waals surface area contributed by atoms with Crippen molar-refractivity contribution in [3.8, 4) is 0 Å². The number of pyridine rings is 1. The second-order valence-electron chi connectivity index (χ2n) is 6.39. The summed E-state index contributed by atoms with van der Waals surface area (Å²) in [5.41, 5.74) is 1.09. The van der Waals surface area contributed by atoms with E-state index in [-0.39, 0.29) is 12.0 Å². The number of unbranched alkanes of at least 4 members (excludes halogenated alkanes) is 5. The molecule has 1 saturated heterocycles. The monoisotopic (exact) mass is 318 g/mol. The van der Waals surface area contributed by atoms with E-state index in [2.05, 4.69) is 11.9 Å². The Hall–Kier alpha value is -1.42. The van der Waals surface area contributed by atoms with Crippen LogP contribution in [-0.2, 0) is 16.1 Å². The maximum absolute atomic E-state index is 12.7. The highest BCUT2D eigenvalue weighted by atomic mass is 16.5. The van der Waals surface area contributed by atoms with Crippen LogP contribution in [0.5, 0.6) is 0 Å². The molecule has 1 aromatic rings. The molecule has 2 heterocycles. The summed E-state index contributed by atoms with van der Waals surface area (Å²) < 4.78 is 5.59. The first kappa shape index (κ1) is 17.9. The number of hydrogen-bond donors (Lipinski definition) is 0. The summed E-state index contributed by atoms with van der Waals surface area (Å²) in [5, 5.41) is 0. The summed E-state index contributed by atoms with van der Waals surface area (Å²) >= 11 is 0. The van der Waals surface area contributed by atoms with Crippen molar-refractivity contribution >= 4 is 5.91 Å². The van der Waals surface area contributed by atoms with E-state index < -0.39 is 0 Å². The van der Waals surface area contributed by atoms with Crippen molar-refractivity contribution < 1.29 is 9.53 Å². The second kappa shape index (κ2) is 10.4. The van der Waals surface area contributed by atoms with Gasteiger partial charge in [0.2, 0.25) is 0 Å². The maximum atomic E-state index is 12.7. The Balaban J connectivity index is 1.84. The molecule has 1 unspecified atom stereocenters. The minimum Gasteiger partial charge on any atom is -0.368 e. The standard InChI is InChI=1S/C19H30N2O2/c1-2-3-4-5-6-7-13-21(16-17-10-8-12-20-15-17)19(22)18-11-9-14-23-18/h8,10,12,15,18H,2-7,9,11,13-14,16H2,1H3. The topological polar surface area (TPSA) is 42.4 Å². The molecule has 0 radical (unpaired) electrons. The van der Waals surface area contributed by atoms with Crippen molar-refractivity contribution in [2.75, 3.05) is 13.2 Å². The Kier molecular flexibility index (Phi) is 8.08. The second-order valence-corrected chi connectivity index (χ2v) is 6.39. The van der Waals surface area contributed by atoms with Gasteiger partial charge < -0.3 is 9.64 Å². The molecule has 1 aromatic heterocycles. The molecule has 0 aromatic carbocycles. The van der Waals surface area contributed by atoms with Gasteiger partial charge in [-0.3, -0.25) is 9.78 Å². The smallest absolute Gasteiger partial charge is 0.251 e. The van der Waals surface area contributed by atoms with Gasteiger partial charge in [0, 0.05) is 32.1 Å². The van der Waals surface area contributed by atoms with Crippen molar-refractivity contribution in [1.82, 2.24) is 9.88 Å².